The van der Waals surface area contributed by atoms with Crippen LogP contribution < -0.4 is 5.73 Å². The van der Waals surface area contributed by atoms with Crippen molar-refractivity contribution in [2.24, 2.45) is 5.92 Å². The van der Waals surface area contributed by atoms with Crippen molar-refractivity contribution in [3.05, 3.63) is 29.8 Å². The van der Waals surface area contributed by atoms with Gasteiger partial charge < -0.3 is 10.6 Å². The standard InChI is InChI=1S/C16H24N2O.ClH/c1-2-11-18(12-13-7-8-13)16(19)10-9-14-5-3-4-6-15(14)17;/h3-6,13H,2,7-12,17H2,1H3;1H. The number of aryl methyl sites for hydroxylation is 1. The van der Waals surface area contributed by atoms with Gasteiger partial charge in [0.2, 0.25) is 5.91 Å². The lowest BCUT2D eigenvalue weighted by molar-refractivity contribution is -0.131. The number of rotatable bonds is 7. The summed E-state index contributed by atoms with van der Waals surface area (Å²) in [5, 5.41) is 0. The van der Waals surface area contributed by atoms with Crippen LogP contribution in [-0.4, -0.2) is 23.9 Å². The van der Waals surface area contributed by atoms with Crippen molar-refractivity contribution in [2.45, 2.75) is 39.0 Å². The lowest BCUT2D eigenvalue weighted by Gasteiger charge is -2.22. The van der Waals surface area contributed by atoms with Crippen LogP contribution in [0.15, 0.2) is 24.3 Å². The summed E-state index contributed by atoms with van der Waals surface area (Å²) < 4.78 is 0. The van der Waals surface area contributed by atoms with Crippen LogP contribution in [0.2, 0.25) is 0 Å². The van der Waals surface area contributed by atoms with E-state index in [4.69, 9.17) is 5.73 Å². The molecule has 0 unspecified atom stereocenters. The minimum absolute atomic E-state index is 0. The van der Waals surface area contributed by atoms with Crippen molar-refractivity contribution < 1.29 is 4.79 Å². The van der Waals surface area contributed by atoms with Gasteiger partial charge in [0.25, 0.3) is 0 Å². The average Bonchev–Trinajstić information content (AvgIpc) is 3.21. The molecule has 1 aliphatic rings. The molecule has 0 bridgehead atoms. The third kappa shape index (κ3) is 5.04. The highest BCUT2D eigenvalue weighted by molar-refractivity contribution is 5.85. The maximum Gasteiger partial charge on any atom is 0.222 e. The molecule has 4 heteroatoms. The van der Waals surface area contributed by atoms with Gasteiger partial charge in [-0.3, -0.25) is 4.79 Å². The van der Waals surface area contributed by atoms with Crippen molar-refractivity contribution in [2.75, 3.05) is 18.8 Å². The maximum atomic E-state index is 12.3. The van der Waals surface area contributed by atoms with E-state index in [0.717, 1.165) is 43.1 Å². The second kappa shape index (κ2) is 8.15. The van der Waals surface area contributed by atoms with Crippen molar-refractivity contribution in [3.63, 3.8) is 0 Å². The van der Waals surface area contributed by atoms with E-state index in [0.29, 0.717) is 6.42 Å². The van der Waals surface area contributed by atoms with Gasteiger partial charge in [-0.2, -0.15) is 0 Å². The van der Waals surface area contributed by atoms with E-state index in [1.165, 1.54) is 12.8 Å². The van der Waals surface area contributed by atoms with Crippen molar-refractivity contribution >= 4 is 24.0 Å². The van der Waals surface area contributed by atoms with Gasteiger partial charge in [0.15, 0.2) is 0 Å². The Bertz CT molecular complexity index is 432. The number of halogens is 1. The number of anilines is 1. The monoisotopic (exact) mass is 296 g/mol. The fourth-order valence-corrected chi connectivity index (χ4v) is 2.36. The second-order valence-corrected chi connectivity index (χ2v) is 5.48. The average molecular weight is 297 g/mol. The molecule has 0 atom stereocenters. The van der Waals surface area contributed by atoms with Crippen LogP contribution in [0.3, 0.4) is 0 Å². The summed E-state index contributed by atoms with van der Waals surface area (Å²) in [6.07, 6.45) is 4.93. The number of benzene rings is 1. The molecule has 1 amide bonds. The first-order valence-corrected chi connectivity index (χ1v) is 7.32. The lowest BCUT2D eigenvalue weighted by Crippen LogP contribution is -2.33. The molecule has 2 N–H and O–H groups in total. The Morgan fingerprint density at radius 3 is 2.65 bits per heavy atom. The number of carbonyl (C=O) groups is 1. The largest absolute Gasteiger partial charge is 0.399 e. The zero-order chi connectivity index (χ0) is 13.7. The molecule has 1 aliphatic carbocycles. The fourth-order valence-electron chi connectivity index (χ4n) is 2.36. The molecule has 0 aromatic heterocycles. The third-order valence-corrected chi connectivity index (χ3v) is 3.69. The van der Waals surface area contributed by atoms with Gasteiger partial charge in [-0.05, 0) is 43.2 Å². The van der Waals surface area contributed by atoms with Gasteiger partial charge in [0.1, 0.15) is 0 Å². The van der Waals surface area contributed by atoms with E-state index in [9.17, 15) is 4.79 Å². The number of amides is 1. The van der Waals surface area contributed by atoms with Crippen molar-refractivity contribution in [3.8, 4) is 0 Å². The Kier molecular flexibility index (Phi) is 6.86. The number of para-hydroxylation sites is 1. The third-order valence-electron chi connectivity index (χ3n) is 3.69. The molecule has 0 saturated heterocycles. The van der Waals surface area contributed by atoms with E-state index in [1.54, 1.807) is 0 Å². The second-order valence-electron chi connectivity index (χ2n) is 5.48. The molecule has 20 heavy (non-hydrogen) atoms. The molecular formula is C16H25ClN2O. The van der Waals surface area contributed by atoms with Gasteiger partial charge in [-0.15, -0.1) is 12.4 Å². The lowest BCUT2D eigenvalue weighted by atomic mass is 10.1. The topological polar surface area (TPSA) is 46.3 Å². The van der Waals surface area contributed by atoms with E-state index in [2.05, 4.69) is 6.92 Å². The maximum absolute atomic E-state index is 12.3. The highest BCUT2D eigenvalue weighted by Gasteiger charge is 2.26. The normalized spacial score (nSPS) is 13.7. The molecule has 0 spiro atoms. The zero-order valence-corrected chi connectivity index (χ0v) is 13.0. The Morgan fingerprint density at radius 1 is 1.35 bits per heavy atom. The predicted octanol–water partition coefficient (Wildman–Crippen LogP) is 3.27. The molecule has 1 aromatic carbocycles. The van der Waals surface area contributed by atoms with Gasteiger partial charge in [-0.25, -0.2) is 0 Å². The molecule has 0 radical (unpaired) electrons. The van der Waals surface area contributed by atoms with E-state index < -0.39 is 0 Å². The van der Waals surface area contributed by atoms with Crippen molar-refractivity contribution in [1.82, 2.24) is 4.90 Å². The first kappa shape index (κ1) is 16.8. The molecule has 0 heterocycles. The molecule has 1 fully saturated rings. The van der Waals surface area contributed by atoms with Crippen LogP contribution in [0.5, 0.6) is 0 Å². The van der Waals surface area contributed by atoms with Crippen molar-refractivity contribution in [1.29, 1.82) is 0 Å². The summed E-state index contributed by atoms with van der Waals surface area (Å²) in [5.41, 5.74) is 7.78. The van der Waals surface area contributed by atoms with Gasteiger partial charge in [-0.1, -0.05) is 25.1 Å². The van der Waals surface area contributed by atoms with Gasteiger partial charge in [0.05, 0.1) is 0 Å². The minimum atomic E-state index is 0. The quantitative estimate of drug-likeness (QED) is 0.785. The van der Waals surface area contributed by atoms with Crippen LogP contribution >= 0.6 is 12.4 Å². The number of carbonyl (C=O) groups excluding carboxylic acids is 1. The van der Waals surface area contributed by atoms with Gasteiger partial charge in [0, 0.05) is 25.2 Å². The van der Waals surface area contributed by atoms with Crippen LogP contribution in [0.25, 0.3) is 0 Å². The van der Waals surface area contributed by atoms with Crippen LogP contribution in [0.1, 0.15) is 38.2 Å². The summed E-state index contributed by atoms with van der Waals surface area (Å²) in [6, 6.07) is 7.81. The Labute approximate surface area is 127 Å². The van der Waals surface area contributed by atoms with E-state index >= 15 is 0 Å². The number of nitrogens with two attached hydrogens (primary N) is 1. The Morgan fingerprint density at radius 2 is 2.05 bits per heavy atom. The fraction of sp³-hybridized carbons (Fsp3) is 0.562. The predicted molar refractivity (Wildman–Crippen MR) is 86.0 cm³/mol. The first-order chi connectivity index (χ1) is 9.20. The van der Waals surface area contributed by atoms with E-state index in [1.807, 2.05) is 29.2 Å². The summed E-state index contributed by atoms with van der Waals surface area (Å²) in [6.45, 7) is 3.97. The highest BCUT2D eigenvalue weighted by atomic mass is 35.5. The summed E-state index contributed by atoms with van der Waals surface area (Å²) in [7, 11) is 0. The van der Waals surface area contributed by atoms with E-state index in [-0.39, 0.29) is 18.3 Å². The SMILES string of the molecule is CCCN(CC1CC1)C(=O)CCc1ccccc1N.Cl. The summed E-state index contributed by atoms with van der Waals surface area (Å²) >= 11 is 0. The van der Waals surface area contributed by atoms with Crippen LogP contribution in [0, 0.1) is 5.92 Å². The minimum Gasteiger partial charge on any atom is -0.399 e. The molecule has 0 aliphatic heterocycles. The Balaban J connectivity index is 0.00000200. The summed E-state index contributed by atoms with van der Waals surface area (Å²) in [5.74, 6) is 1.04. The van der Waals surface area contributed by atoms with Gasteiger partial charge >= 0.3 is 0 Å². The number of hydrogen-bond acceptors (Lipinski definition) is 2. The number of nitrogens with zero attached hydrogens (tertiary/aromatic N) is 1. The summed E-state index contributed by atoms with van der Waals surface area (Å²) in [4.78, 5) is 14.3. The Hall–Kier alpha value is -1.22. The highest BCUT2D eigenvalue weighted by Crippen LogP contribution is 2.30. The molecule has 112 valence electrons. The zero-order valence-electron chi connectivity index (χ0n) is 12.2. The molecule has 2 rings (SSSR count). The molecule has 1 saturated carbocycles. The molecule has 3 nitrogen and oxygen atoms in total. The molecule has 1 aromatic rings. The number of nitrogen functional groups attached to an aromatic ring is 1. The van der Waals surface area contributed by atoms with Crippen LogP contribution in [0.4, 0.5) is 5.69 Å². The molecular weight excluding hydrogens is 272 g/mol. The number of hydrogen-bond donors (Lipinski definition) is 1. The smallest absolute Gasteiger partial charge is 0.222 e. The van der Waals surface area contributed by atoms with Crippen LogP contribution in [-0.2, 0) is 11.2 Å². The first-order valence-electron chi connectivity index (χ1n) is 7.32.